The average molecular weight is 508 g/mol. The molecule has 0 amide bonds. The molecule has 35 heavy (non-hydrogen) atoms. The zero-order valence-corrected chi connectivity index (χ0v) is 18.9. The summed E-state index contributed by atoms with van der Waals surface area (Å²) in [6.45, 7) is -0.116. The van der Waals surface area contributed by atoms with Gasteiger partial charge in [0, 0.05) is 5.92 Å². The van der Waals surface area contributed by atoms with Crippen LogP contribution in [-0.4, -0.2) is 127 Å². The Morgan fingerprint density at radius 2 is 1.83 bits per heavy atom. The number of hydrogen-bond acceptors (Lipinski definition) is 13. The molecule has 0 aromatic heterocycles. The normalized spacial score (nSPS) is 49.9. The van der Waals surface area contributed by atoms with Gasteiger partial charge >= 0.3 is 5.97 Å². The third-order valence-corrected chi connectivity index (χ3v) is 7.32. The van der Waals surface area contributed by atoms with Gasteiger partial charge in [0.15, 0.2) is 12.6 Å². The summed E-state index contributed by atoms with van der Waals surface area (Å²) in [6.07, 6.45) is -10.5. The number of aliphatic hydroxyl groups excluding tert-OH is 5. The molecule has 12 atom stereocenters. The predicted octanol–water partition coefficient (Wildman–Crippen LogP) is -3.63. The summed E-state index contributed by atoms with van der Waals surface area (Å²) in [4.78, 5) is 11.6. The van der Waals surface area contributed by atoms with E-state index < -0.39 is 98.2 Å². The first-order valence-electron chi connectivity index (χ1n) is 11.3. The summed E-state index contributed by atoms with van der Waals surface area (Å²) in [5.74, 6) is -2.58. The highest BCUT2D eigenvalue weighted by molar-refractivity contribution is 5.87. The molecule has 14 heteroatoms. The second kappa shape index (κ2) is 9.79. The van der Waals surface area contributed by atoms with Crippen LogP contribution in [0.4, 0.5) is 0 Å². The molecule has 14 nitrogen and oxygen atoms in total. The molecule has 200 valence electrons. The van der Waals surface area contributed by atoms with Gasteiger partial charge in [-0.1, -0.05) is 0 Å². The molecule has 1 saturated carbocycles. The molecule has 3 heterocycles. The smallest absolute Gasteiger partial charge is 0.334 e. The van der Waals surface area contributed by atoms with Crippen LogP contribution in [0.3, 0.4) is 0 Å². The minimum atomic E-state index is -1.92. The quantitative estimate of drug-likeness (QED) is 0.166. The summed E-state index contributed by atoms with van der Waals surface area (Å²) >= 11 is 0. The van der Waals surface area contributed by atoms with Gasteiger partial charge in [0.25, 0.3) is 0 Å². The van der Waals surface area contributed by atoms with E-state index in [1.165, 1.54) is 6.92 Å². The zero-order valence-electron chi connectivity index (χ0n) is 18.9. The van der Waals surface area contributed by atoms with Crippen LogP contribution in [0.15, 0.2) is 11.8 Å². The number of carboxylic acid groups (broad SMARTS) is 1. The highest BCUT2D eigenvalue weighted by Crippen LogP contribution is 2.49. The first kappa shape index (κ1) is 26.6. The standard InChI is InChI=1S/C21H32O14/c1-20(29)3-2-8-9(16(27)28)4-31-17(11(8)20)35-18-14(25)13(24)12(23)10(34-18)5-32-19-15(26)21(30,6-22)7-33-19/h4,8,10-15,17-19,22-26,29-30H,2-3,5-7H2,1H3,(H,27,28)/t8-,10+,11+,12+,13-,14+,15+,17+,18-,19+,20-,21+/m1/s1. The van der Waals surface area contributed by atoms with E-state index in [-0.39, 0.29) is 12.0 Å². The minimum absolute atomic E-state index is 0.0163. The van der Waals surface area contributed by atoms with E-state index in [9.17, 15) is 45.6 Å². The van der Waals surface area contributed by atoms with Gasteiger partial charge in [-0.15, -0.1) is 0 Å². The van der Waals surface area contributed by atoms with Gasteiger partial charge in [-0.3, -0.25) is 0 Å². The van der Waals surface area contributed by atoms with E-state index in [1.54, 1.807) is 0 Å². The fourth-order valence-electron chi connectivity index (χ4n) is 5.12. The lowest BCUT2D eigenvalue weighted by Gasteiger charge is -2.44. The lowest BCUT2D eigenvalue weighted by atomic mass is 9.81. The summed E-state index contributed by atoms with van der Waals surface area (Å²) in [5.41, 5.74) is -3.28. The van der Waals surface area contributed by atoms with Gasteiger partial charge in [-0.2, -0.15) is 0 Å². The first-order valence-corrected chi connectivity index (χ1v) is 11.3. The third kappa shape index (κ3) is 4.81. The van der Waals surface area contributed by atoms with Gasteiger partial charge in [0.2, 0.25) is 6.29 Å². The molecule has 0 unspecified atom stereocenters. The second-order valence-electron chi connectivity index (χ2n) is 9.78. The van der Waals surface area contributed by atoms with Crippen LogP contribution in [0.2, 0.25) is 0 Å². The van der Waals surface area contributed by atoms with Crippen molar-refractivity contribution in [2.75, 3.05) is 19.8 Å². The molecule has 0 bridgehead atoms. The number of hydrogen-bond donors (Lipinski definition) is 8. The van der Waals surface area contributed by atoms with Crippen LogP contribution in [0.5, 0.6) is 0 Å². The van der Waals surface area contributed by atoms with E-state index >= 15 is 0 Å². The highest BCUT2D eigenvalue weighted by atomic mass is 16.8. The zero-order chi connectivity index (χ0) is 25.7. The van der Waals surface area contributed by atoms with Crippen molar-refractivity contribution in [3.05, 3.63) is 11.8 Å². The Bertz CT molecular complexity index is 818. The number of fused-ring (bicyclic) bond motifs is 1. The fraction of sp³-hybridized carbons (Fsp3) is 0.857. The molecular formula is C21H32O14. The molecule has 0 spiro atoms. The summed E-state index contributed by atoms with van der Waals surface area (Å²) in [5, 5.41) is 80.8. The monoisotopic (exact) mass is 508 g/mol. The summed E-state index contributed by atoms with van der Waals surface area (Å²) in [7, 11) is 0. The number of carbonyl (C=O) groups is 1. The van der Waals surface area contributed by atoms with Gasteiger partial charge in [-0.05, 0) is 19.8 Å². The number of rotatable bonds is 7. The maximum absolute atomic E-state index is 11.6. The van der Waals surface area contributed by atoms with Crippen molar-refractivity contribution in [3.8, 4) is 0 Å². The van der Waals surface area contributed by atoms with Crippen molar-refractivity contribution in [2.24, 2.45) is 11.8 Å². The predicted molar refractivity (Wildman–Crippen MR) is 109 cm³/mol. The van der Waals surface area contributed by atoms with E-state index in [0.29, 0.717) is 6.42 Å². The van der Waals surface area contributed by atoms with E-state index in [1.807, 2.05) is 0 Å². The Morgan fingerprint density at radius 3 is 2.46 bits per heavy atom. The van der Waals surface area contributed by atoms with E-state index in [0.717, 1.165) is 6.26 Å². The average Bonchev–Trinajstić information content (AvgIpc) is 3.29. The van der Waals surface area contributed by atoms with Gasteiger partial charge < -0.3 is 64.5 Å². The van der Waals surface area contributed by atoms with Crippen LogP contribution in [0.1, 0.15) is 19.8 Å². The van der Waals surface area contributed by atoms with Crippen molar-refractivity contribution < 1.29 is 69.3 Å². The van der Waals surface area contributed by atoms with Gasteiger partial charge in [0.05, 0.1) is 43.2 Å². The molecule has 0 aromatic rings. The molecule has 2 saturated heterocycles. The second-order valence-corrected chi connectivity index (χ2v) is 9.78. The van der Waals surface area contributed by atoms with Crippen molar-refractivity contribution >= 4 is 5.97 Å². The fourth-order valence-corrected chi connectivity index (χ4v) is 5.12. The third-order valence-electron chi connectivity index (χ3n) is 7.32. The SMILES string of the molecule is C[C@@]1(O)CC[C@@H]2C(C(=O)O)=CO[C@@H](O[C@H]3O[C@@H](CO[C@H]4OC[C@@](O)(CO)[C@H]4O)[C@H](O)[C@@H](O)[C@@H]3O)[C@H]21. The lowest BCUT2D eigenvalue weighted by Crippen LogP contribution is -2.61. The van der Waals surface area contributed by atoms with Crippen molar-refractivity contribution in [3.63, 3.8) is 0 Å². The van der Waals surface area contributed by atoms with Crippen molar-refractivity contribution in [1.82, 2.24) is 0 Å². The Kier molecular flexibility index (Phi) is 7.45. The topological polar surface area (TPSA) is 225 Å². The molecule has 0 radical (unpaired) electrons. The van der Waals surface area contributed by atoms with Crippen molar-refractivity contribution in [1.29, 1.82) is 0 Å². The molecule has 1 aliphatic carbocycles. The molecular weight excluding hydrogens is 476 g/mol. The van der Waals surface area contributed by atoms with E-state index in [4.69, 9.17) is 23.7 Å². The van der Waals surface area contributed by atoms with Crippen LogP contribution in [0.25, 0.3) is 0 Å². The molecule has 3 aliphatic heterocycles. The van der Waals surface area contributed by atoms with Crippen LogP contribution >= 0.6 is 0 Å². The summed E-state index contributed by atoms with van der Waals surface area (Å²) in [6, 6.07) is 0. The first-order chi connectivity index (χ1) is 16.4. The minimum Gasteiger partial charge on any atom is -0.478 e. The van der Waals surface area contributed by atoms with Crippen molar-refractivity contribution in [2.45, 2.75) is 80.4 Å². The number of carboxylic acids is 1. The maximum Gasteiger partial charge on any atom is 0.334 e. The van der Waals surface area contributed by atoms with Crippen LogP contribution < -0.4 is 0 Å². The Morgan fingerprint density at radius 1 is 1.11 bits per heavy atom. The number of aliphatic hydroxyl groups is 7. The number of ether oxygens (including phenoxy) is 5. The molecule has 4 rings (SSSR count). The van der Waals surface area contributed by atoms with Crippen LogP contribution in [0, 0.1) is 11.8 Å². The molecule has 0 aromatic carbocycles. The van der Waals surface area contributed by atoms with Crippen LogP contribution in [-0.2, 0) is 28.5 Å². The van der Waals surface area contributed by atoms with Gasteiger partial charge in [-0.25, -0.2) is 4.79 Å². The largest absolute Gasteiger partial charge is 0.478 e. The molecule has 8 N–H and O–H groups in total. The molecule has 4 aliphatic rings. The van der Waals surface area contributed by atoms with Gasteiger partial charge in [0.1, 0.15) is 36.1 Å². The number of aliphatic carboxylic acids is 1. The Balaban J connectivity index is 1.44. The maximum atomic E-state index is 11.6. The Labute approximate surface area is 199 Å². The lowest BCUT2D eigenvalue weighted by molar-refractivity contribution is -0.350. The Hall–Kier alpha value is -1.43. The highest BCUT2D eigenvalue weighted by Gasteiger charge is 2.56. The summed E-state index contributed by atoms with van der Waals surface area (Å²) < 4.78 is 27.3. The molecule has 3 fully saturated rings. The van der Waals surface area contributed by atoms with E-state index in [2.05, 4.69) is 0 Å².